The predicted molar refractivity (Wildman–Crippen MR) is 78.7 cm³/mol. The molecule has 0 atom stereocenters. The van der Waals surface area contributed by atoms with Gasteiger partial charge in [0.2, 0.25) is 6.08 Å². The van der Waals surface area contributed by atoms with E-state index in [1.165, 1.54) is 64.2 Å². The quantitative estimate of drug-likeness (QED) is 0.245. The van der Waals surface area contributed by atoms with Crippen LogP contribution in [0.15, 0.2) is 4.99 Å². The maximum Gasteiger partial charge on any atom is 0.235 e. The lowest BCUT2D eigenvalue weighted by atomic mass is 10.0. The Labute approximate surface area is 113 Å². The summed E-state index contributed by atoms with van der Waals surface area (Å²) in [7, 11) is 0. The molecule has 0 unspecified atom stereocenters. The van der Waals surface area contributed by atoms with E-state index >= 15 is 0 Å². The van der Waals surface area contributed by atoms with E-state index in [1.807, 2.05) is 0 Å². The third-order valence-electron chi connectivity index (χ3n) is 3.52. The fourth-order valence-electron chi connectivity index (χ4n) is 2.32. The number of aliphatic imine (C=N–C) groups is 1. The lowest BCUT2D eigenvalue weighted by molar-refractivity contribution is 0.482. The summed E-state index contributed by atoms with van der Waals surface area (Å²) in [6.45, 7) is 4.46. The maximum absolute atomic E-state index is 10.4. The highest BCUT2D eigenvalue weighted by atomic mass is 16.1. The van der Waals surface area contributed by atoms with Gasteiger partial charge < -0.3 is 0 Å². The van der Waals surface area contributed by atoms with Crippen LogP contribution in [0.3, 0.4) is 0 Å². The average Bonchev–Trinajstić information content (AvgIpc) is 2.38. The molecule has 0 aromatic rings. The van der Waals surface area contributed by atoms with Gasteiger partial charge >= 0.3 is 0 Å². The van der Waals surface area contributed by atoms with E-state index in [0.717, 1.165) is 12.8 Å². The second kappa shape index (κ2) is 14.4. The van der Waals surface area contributed by atoms with Crippen molar-refractivity contribution in [1.29, 1.82) is 0 Å². The predicted octanol–water partition coefficient (Wildman–Crippen LogP) is 5.41. The van der Waals surface area contributed by atoms with Gasteiger partial charge in [0, 0.05) is 0 Å². The molecule has 0 fully saturated rings. The van der Waals surface area contributed by atoms with E-state index < -0.39 is 0 Å². The van der Waals surface area contributed by atoms with Crippen molar-refractivity contribution >= 4 is 6.08 Å². The van der Waals surface area contributed by atoms with Crippen molar-refractivity contribution in [2.75, 3.05) is 0 Å². The molecular weight excluding hydrogens is 222 g/mol. The van der Waals surface area contributed by atoms with Crippen LogP contribution in [0.1, 0.15) is 90.9 Å². The van der Waals surface area contributed by atoms with Crippen molar-refractivity contribution in [1.82, 2.24) is 0 Å². The number of rotatable bonds is 13. The highest BCUT2D eigenvalue weighted by Crippen LogP contribution is 2.15. The Hall–Kier alpha value is -0.620. The molecule has 0 spiro atoms. The molecule has 0 heterocycles. The van der Waals surface area contributed by atoms with Gasteiger partial charge in [-0.2, -0.15) is 0 Å². The summed E-state index contributed by atoms with van der Waals surface area (Å²) in [6.07, 6.45) is 16.8. The third kappa shape index (κ3) is 11.9. The number of hydrogen-bond donors (Lipinski definition) is 0. The minimum Gasteiger partial charge on any atom is -0.211 e. The summed E-state index contributed by atoms with van der Waals surface area (Å²) in [6, 6.07) is 0.241. The minimum atomic E-state index is 0.241. The second-order valence-corrected chi connectivity index (χ2v) is 5.28. The second-order valence-electron chi connectivity index (χ2n) is 5.28. The average molecular weight is 253 g/mol. The number of hydrogen-bond acceptors (Lipinski definition) is 2. The fourth-order valence-corrected chi connectivity index (χ4v) is 2.32. The standard InChI is InChI=1S/C16H31NO/c1-3-5-7-9-11-13-16(17-15-18)14-12-10-8-6-4-2/h16H,3-14H2,1-2H3. The molecule has 0 radical (unpaired) electrons. The normalized spacial score (nSPS) is 10.6. The Balaban J connectivity index is 3.55. The number of unbranched alkanes of at least 4 members (excludes halogenated alkanes) is 8. The van der Waals surface area contributed by atoms with Crippen LogP contribution in [-0.4, -0.2) is 12.1 Å². The van der Waals surface area contributed by atoms with E-state index in [2.05, 4.69) is 18.8 Å². The molecule has 0 N–H and O–H groups in total. The van der Waals surface area contributed by atoms with Crippen LogP contribution >= 0.6 is 0 Å². The first-order valence-electron chi connectivity index (χ1n) is 7.92. The van der Waals surface area contributed by atoms with E-state index in [-0.39, 0.29) is 6.04 Å². The van der Waals surface area contributed by atoms with Gasteiger partial charge in [0.05, 0.1) is 6.04 Å². The van der Waals surface area contributed by atoms with Crippen molar-refractivity contribution in [2.24, 2.45) is 4.99 Å². The van der Waals surface area contributed by atoms with Crippen LogP contribution < -0.4 is 0 Å². The molecular formula is C16H31NO. The zero-order chi connectivity index (χ0) is 13.5. The summed E-state index contributed by atoms with van der Waals surface area (Å²) in [5.74, 6) is 0. The van der Waals surface area contributed by atoms with Crippen molar-refractivity contribution in [3.63, 3.8) is 0 Å². The minimum absolute atomic E-state index is 0.241. The highest BCUT2D eigenvalue weighted by molar-refractivity contribution is 5.33. The SMILES string of the molecule is CCCCCCCC(CCCCCCC)N=C=O. The Morgan fingerprint density at radius 3 is 1.61 bits per heavy atom. The first kappa shape index (κ1) is 17.4. The van der Waals surface area contributed by atoms with Crippen LogP contribution in [0, 0.1) is 0 Å². The Morgan fingerprint density at radius 2 is 1.22 bits per heavy atom. The third-order valence-corrected chi connectivity index (χ3v) is 3.52. The number of nitrogens with zero attached hydrogens (tertiary/aromatic N) is 1. The summed E-state index contributed by atoms with van der Waals surface area (Å²) in [4.78, 5) is 14.3. The molecule has 0 bridgehead atoms. The van der Waals surface area contributed by atoms with Gasteiger partial charge in [-0.3, -0.25) is 0 Å². The Bertz CT molecular complexity index is 195. The Morgan fingerprint density at radius 1 is 0.778 bits per heavy atom. The van der Waals surface area contributed by atoms with Crippen molar-refractivity contribution in [3.8, 4) is 0 Å². The fraction of sp³-hybridized carbons (Fsp3) is 0.938. The molecule has 106 valence electrons. The van der Waals surface area contributed by atoms with Crippen LogP contribution in [-0.2, 0) is 4.79 Å². The smallest absolute Gasteiger partial charge is 0.211 e. The summed E-state index contributed by atoms with van der Waals surface area (Å²) >= 11 is 0. The highest BCUT2D eigenvalue weighted by Gasteiger charge is 2.06. The van der Waals surface area contributed by atoms with Crippen molar-refractivity contribution < 1.29 is 4.79 Å². The molecule has 0 saturated carbocycles. The van der Waals surface area contributed by atoms with Crippen LogP contribution in [0.2, 0.25) is 0 Å². The monoisotopic (exact) mass is 253 g/mol. The lowest BCUT2D eigenvalue weighted by Crippen LogP contribution is -2.04. The molecule has 0 aliphatic heterocycles. The first-order chi connectivity index (χ1) is 8.85. The van der Waals surface area contributed by atoms with E-state index in [4.69, 9.17) is 0 Å². The molecule has 0 aromatic carbocycles. The summed E-state index contributed by atoms with van der Waals surface area (Å²) in [5.41, 5.74) is 0. The molecule has 0 saturated heterocycles. The lowest BCUT2D eigenvalue weighted by Gasteiger charge is -2.10. The van der Waals surface area contributed by atoms with E-state index in [1.54, 1.807) is 6.08 Å². The van der Waals surface area contributed by atoms with Crippen LogP contribution in [0.25, 0.3) is 0 Å². The molecule has 0 aliphatic rings. The molecule has 2 heteroatoms. The molecule has 0 rings (SSSR count). The van der Waals surface area contributed by atoms with Crippen molar-refractivity contribution in [2.45, 2.75) is 96.9 Å². The molecule has 18 heavy (non-hydrogen) atoms. The van der Waals surface area contributed by atoms with Gasteiger partial charge in [-0.1, -0.05) is 78.1 Å². The summed E-state index contributed by atoms with van der Waals surface area (Å²) < 4.78 is 0. The largest absolute Gasteiger partial charge is 0.235 e. The van der Waals surface area contributed by atoms with Gasteiger partial charge in [-0.25, -0.2) is 9.79 Å². The van der Waals surface area contributed by atoms with Gasteiger partial charge in [0.1, 0.15) is 0 Å². The van der Waals surface area contributed by atoms with Crippen LogP contribution in [0.5, 0.6) is 0 Å². The van der Waals surface area contributed by atoms with E-state index in [0.29, 0.717) is 0 Å². The molecule has 2 nitrogen and oxygen atoms in total. The van der Waals surface area contributed by atoms with Crippen LogP contribution in [0.4, 0.5) is 0 Å². The summed E-state index contributed by atoms with van der Waals surface area (Å²) in [5, 5.41) is 0. The maximum atomic E-state index is 10.4. The zero-order valence-electron chi connectivity index (χ0n) is 12.4. The number of isocyanates is 1. The molecule has 0 aromatic heterocycles. The first-order valence-corrected chi connectivity index (χ1v) is 7.92. The van der Waals surface area contributed by atoms with Gasteiger partial charge in [-0.15, -0.1) is 0 Å². The molecule has 0 amide bonds. The van der Waals surface area contributed by atoms with Crippen molar-refractivity contribution in [3.05, 3.63) is 0 Å². The topological polar surface area (TPSA) is 29.4 Å². The zero-order valence-corrected chi connectivity index (χ0v) is 12.4. The van der Waals surface area contributed by atoms with Gasteiger partial charge in [0.15, 0.2) is 0 Å². The number of carbonyl (C=O) groups excluding carboxylic acids is 1. The van der Waals surface area contributed by atoms with Gasteiger partial charge in [0.25, 0.3) is 0 Å². The van der Waals surface area contributed by atoms with E-state index in [9.17, 15) is 4.79 Å². The molecule has 0 aliphatic carbocycles. The van der Waals surface area contributed by atoms with Gasteiger partial charge in [-0.05, 0) is 12.8 Å². The Kier molecular flexibility index (Phi) is 13.9.